The van der Waals surface area contributed by atoms with E-state index in [1.807, 2.05) is 6.08 Å². The van der Waals surface area contributed by atoms with Crippen LogP contribution in [-0.2, 0) is 4.74 Å². The van der Waals surface area contributed by atoms with Crippen LogP contribution in [0.25, 0.3) is 0 Å². The van der Waals surface area contributed by atoms with E-state index in [9.17, 15) is 0 Å². The lowest BCUT2D eigenvalue weighted by atomic mass is 10.3. The second kappa shape index (κ2) is 1.82. The summed E-state index contributed by atoms with van der Waals surface area (Å²) in [6, 6.07) is 0. The lowest BCUT2D eigenvalue weighted by molar-refractivity contribution is 0.192. The van der Waals surface area contributed by atoms with Crippen LogP contribution in [0.4, 0.5) is 0 Å². The van der Waals surface area contributed by atoms with Gasteiger partial charge in [0.15, 0.2) is 0 Å². The van der Waals surface area contributed by atoms with E-state index < -0.39 is 0 Å². The summed E-state index contributed by atoms with van der Waals surface area (Å²) in [5.74, 6) is 1.06. The van der Waals surface area contributed by atoms with Gasteiger partial charge in [-0.1, -0.05) is 6.08 Å². The minimum atomic E-state index is 0.795. The van der Waals surface area contributed by atoms with Gasteiger partial charge in [0, 0.05) is 6.42 Å². The van der Waals surface area contributed by atoms with E-state index >= 15 is 0 Å². The third-order valence-corrected chi connectivity index (χ3v) is 0.925. The van der Waals surface area contributed by atoms with Crippen LogP contribution in [0.15, 0.2) is 24.5 Å². The molecule has 0 radical (unpaired) electrons. The Morgan fingerprint density at radius 2 is 2.71 bits per heavy atom. The fourth-order valence-electron chi connectivity index (χ4n) is 0.486. The summed E-state index contributed by atoms with van der Waals surface area (Å²) in [5.41, 5.74) is 0. The fourth-order valence-corrected chi connectivity index (χ4v) is 0.486. The Bertz CT molecular complexity index is 103. The van der Waals surface area contributed by atoms with Gasteiger partial charge in [0.05, 0.1) is 5.76 Å². The highest BCUT2D eigenvalue weighted by atomic mass is 16.5. The van der Waals surface area contributed by atoms with Crippen molar-refractivity contribution in [2.45, 2.75) is 6.42 Å². The van der Waals surface area contributed by atoms with Crippen molar-refractivity contribution in [3.8, 4) is 0 Å². The SMILES string of the molecule is C=CCC1=CCO1. The molecule has 1 heteroatoms. The molecule has 0 saturated carbocycles. The summed E-state index contributed by atoms with van der Waals surface area (Å²) < 4.78 is 4.96. The molecule has 1 aliphatic heterocycles. The van der Waals surface area contributed by atoms with Gasteiger partial charge in [-0.3, -0.25) is 0 Å². The van der Waals surface area contributed by atoms with E-state index in [-0.39, 0.29) is 0 Å². The van der Waals surface area contributed by atoms with Crippen molar-refractivity contribution in [2.75, 3.05) is 6.61 Å². The topological polar surface area (TPSA) is 9.23 Å². The third kappa shape index (κ3) is 0.829. The van der Waals surface area contributed by atoms with Crippen LogP contribution in [0.5, 0.6) is 0 Å². The first-order valence-electron chi connectivity index (χ1n) is 2.36. The van der Waals surface area contributed by atoms with E-state index in [4.69, 9.17) is 4.74 Å². The van der Waals surface area contributed by atoms with Crippen molar-refractivity contribution >= 4 is 0 Å². The molecule has 0 unspecified atom stereocenters. The average molecular weight is 96.1 g/mol. The van der Waals surface area contributed by atoms with Crippen molar-refractivity contribution in [1.82, 2.24) is 0 Å². The molecule has 0 saturated heterocycles. The van der Waals surface area contributed by atoms with E-state index in [1.54, 1.807) is 0 Å². The first kappa shape index (κ1) is 4.44. The zero-order valence-electron chi connectivity index (χ0n) is 4.18. The normalized spacial score (nSPS) is 16.3. The van der Waals surface area contributed by atoms with Crippen molar-refractivity contribution < 1.29 is 4.74 Å². The number of hydrogen-bond acceptors (Lipinski definition) is 1. The zero-order chi connectivity index (χ0) is 5.11. The molecule has 1 aliphatic rings. The third-order valence-electron chi connectivity index (χ3n) is 0.925. The first-order chi connectivity index (χ1) is 3.43. The Labute approximate surface area is 43.3 Å². The van der Waals surface area contributed by atoms with Crippen molar-refractivity contribution in [2.24, 2.45) is 0 Å². The van der Waals surface area contributed by atoms with Crippen LogP contribution in [0.2, 0.25) is 0 Å². The molecule has 7 heavy (non-hydrogen) atoms. The second-order valence-corrected chi connectivity index (χ2v) is 1.47. The standard InChI is InChI=1S/C6H8O/c1-2-3-6-4-5-7-6/h2,4H,1,3,5H2. The van der Waals surface area contributed by atoms with E-state index in [0.29, 0.717) is 0 Å². The van der Waals surface area contributed by atoms with Crippen LogP contribution >= 0.6 is 0 Å². The molecular formula is C6H8O. The molecule has 1 rings (SSSR count). The number of allylic oxidation sites excluding steroid dienone is 1. The Kier molecular flexibility index (Phi) is 1.16. The minimum Gasteiger partial charge on any atom is -0.494 e. The van der Waals surface area contributed by atoms with Gasteiger partial charge in [-0.05, 0) is 6.08 Å². The second-order valence-electron chi connectivity index (χ2n) is 1.47. The molecule has 0 aromatic heterocycles. The predicted molar refractivity (Wildman–Crippen MR) is 28.8 cm³/mol. The Morgan fingerprint density at radius 3 is 2.86 bits per heavy atom. The van der Waals surface area contributed by atoms with E-state index in [2.05, 4.69) is 12.7 Å². The van der Waals surface area contributed by atoms with E-state index in [0.717, 1.165) is 18.8 Å². The largest absolute Gasteiger partial charge is 0.494 e. The van der Waals surface area contributed by atoms with Crippen LogP contribution in [0.3, 0.4) is 0 Å². The summed E-state index contributed by atoms with van der Waals surface area (Å²) in [6.45, 7) is 4.36. The summed E-state index contributed by atoms with van der Waals surface area (Å²) in [6.07, 6.45) is 4.78. The van der Waals surface area contributed by atoms with Gasteiger partial charge in [-0.2, -0.15) is 0 Å². The van der Waals surface area contributed by atoms with Gasteiger partial charge >= 0.3 is 0 Å². The Hall–Kier alpha value is -0.720. The molecule has 0 aromatic rings. The number of hydrogen-bond donors (Lipinski definition) is 0. The van der Waals surface area contributed by atoms with Gasteiger partial charge in [0.2, 0.25) is 0 Å². The number of ether oxygens (including phenoxy) is 1. The highest BCUT2D eigenvalue weighted by molar-refractivity contribution is 5.05. The van der Waals surface area contributed by atoms with Crippen LogP contribution in [0, 0.1) is 0 Å². The Morgan fingerprint density at radius 1 is 2.00 bits per heavy atom. The van der Waals surface area contributed by atoms with E-state index in [1.165, 1.54) is 0 Å². The van der Waals surface area contributed by atoms with Crippen molar-refractivity contribution in [3.05, 3.63) is 24.5 Å². The fraction of sp³-hybridized carbons (Fsp3) is 0.333. The maximum Gasteiger partial charge on any atom is 0.109 e. The molecule has 0 amide bonds. The molecule has 0 N–H and O–H groups in total. The monoisotopic (exact) mass is 96.1 g/mol. The van der Waals surface area contributed by atoms with Gasteiger partial charge in [-0.25, -0.2) is 0 Å². The minimum absolute atomic E-state index is 0.795. The van der Waals surface area contributed by atoms with Crippen LogP contribution in [0.1, 0.15) is 6.42 Å². The molecular weight excluding hydrogens is 88.1 g/mol. The maximum atomic E-state index is 4.96. The molecule has 38 valence electrons. The lowest BCUT2D eigenvalue weighted by Gasteiger charge is -2.13. The highest BCUT2D eigenvalue weighted by Crippen LogP contribution is 2.11. The molecule has 0 aliphatic carbocycles. The van der Waals surface area contributed by atoms with Crippen LogP contribution in [-0.4, -0.2) is 6.61 Å². The van der Waals surface area contributed by atoms with Gasteiger partial charge in [0.1, 0.15) is 6.61 Å². The summed E-state index contributed by atoms with van der Waals surface area (Å²) in [7, 11) is 0. The molecule has 0 atom stereocenters. The summed E-state index contributed by atoms with van der Waals surface area (Å²) >= 11 is 0. The number of rotatable bonds is 2. The predicted octanol–water partition coefficient (Wildman–Crippen LogP) is 1.48. The molecule has 0 fully saturated rings. The summed E-state index contributed by atoms with van der Waals surface area (Å²) in [5, 5.41) is 0. The molecule has 0 bridgehead atoms. The van der Waals surface area contributed by atoms with Gasteiger partial charge < -0.3 is 4.74 Å². The van der Waals surface area contributed by atoms with Crippen LogP contribution < -0.4 is 0 Å². The highest BCUT2D eigenvalue weighted by Gasteiger charge is 2.01. The van der Waals surface area contributed by atoms with Gasteiger partial charge in [0.25, 0.3) is 0 Å². The Balaban J connectivity index is 2.27. The maximum absolute atomic E-state index is 4.96. The smallest absolute Gasteiger partial charge is 0.109 e. The molecule has 0 aromatic carbocycles. The quantitative estimate of drug-likeness (QED) is 0.473. The first-order valence-corrected chi connectivity index (χ1v) is 2.36. The zero-order valence-corrected chi connectivity index (χ0v) is 4.18. The molecule has 0 spiro atoms. The van der Waals surface area contributed by atoms with Crippen molar-refractivity contribution in [1.29, 1.82) is 0 Å². The molecule has 1 heterocycles. The average Bonchev–Trinajstić information content (AvgIpc) is 1.55. The lowest BCUT2D eigenvalue weighted by Crippen LogP contribution is -2.02. The molecule has 1 nitrogen and oxygen atoms in total. The summed E-state index contributed by atoms with van der Waals surface area (Å²) in [4.78, 5) is 0. The van der Waals surface area contributed by atoms with Crippen molar-refractivity contribution in [3.63, 3.8) is 0 Å². The van der Waals surface area contributed by atoms with Gasteiger partial charge in [-0.15, -0.1) is 6.58 Å².